The average Bonchev–Trinajstić information content (AvgIpc) is 2.59. The number of hydrogen-bond donors (Lipinski definition) is 1. The number of rotatable bonds is 0. The molecule has 3 rings (SSSR count). The minimum Gasteiger partial charge on any atom is -0.363 e. The molecule has 1 aromatic carbocycles. The van der Waals surface area contributed by atoms with E-state index in [1.807, 2.05) is 6.07 Å². The minimum atomic E-state index is 0.573. The summed E-state index contributed by atoms with van der Waals surface area (Å²) < 4.78 is 0. The number of nitrogens with zero attached hydrogens (tertiary/aromatic N) is 1. The Morgan fingerprint density at radius 1 is 1.40 bits per heavy atom. The van der Waals surface area contributed by atoms with Gasteiger partial charge in [-0.15, -0.1) is 0 Å². The maximum absolute atomic E-state index is 6.24. The van der Waals surface area contributed by atoms with Gasteiger partial charge in [0.2, 0.25) is 0 Å². The molecule has 1 aromatic rings. The molecular weight excluding hydrogens is 208 g/mol. The number of benzene rings is 1. The lowest BCUT2D eigenvalue weighted by Gasteiger charge is -2.38. The van der Waals surface area contributed by atoms with Crippen LogP contribution in [0.2, 0.25) is 5.02 Å². The molecule has 0 amide bonds. The number of anilines is 1. The molecule has 2 nitrogen and oxygen atoms in total. The quantitative estimate of drug-likeness (QED) is 0.723. The molecule has 0 bridgehead atoms. The maximum atomic E-state index is 6.24. The molecule has 0 aliphatic carbocycles. The first-order valence-electron chi connectivity index (χ1n) is 5.54. The first kappa shape index (κ1) is 9.49. The Morgan fingerprint density at radius 3 is 3.13 bits per heavy atom. The summed E-state index contributed by atoms with van der Waals surface area (Å²) in [6, 6.07) is 7.42. The predicted octanol–water partition coefficient (Wildman–Crippen LogP) is 2.06. The van der Waals surface area contributed by atoms with Crippen molar-refractivity contribution in [1.82, 2.24) is 5.32 Å². The van der Waals surface area contributed by atoms with Gasteiger partial charge < -0.3 is 10.2 Å². The predicted molar refractivity (Wildman–Crippen MR) is 63.8 cm³/mol. The molecule has 2 heterocycles. The van der Waals surface area contributed by atoms with Crippen LogP contribution in [0.3, 0.4) is 0 Å². The van der Waals surface area contributed by atoms with E-state index in [1.165, 1.54) is 11.3 Å². The molecule has 0 radical (unpaired) electrons. The normalized spacial score (nSPS) is 28.8. The molecule has 1 saturated heterocycles. The third-order valence-corrected chi connectivity index (χ3v) is 3.85. The Balaban J connectivity index is 2.07. The summed E-state index contributed by atoms with van der Waals surface area (Å²) in [5, 5.41) is 4.40. The van der Waals surface area contributed by atoms with Gasteiger partial charge in [-0.3, -0.25) is 0 Å². The molecule has 2 aliphatic heterocycles. The molecule has 80 valence electrons. The van der Waals surface area contributed by atoms with Gasteiger partial charge >= 0.3 is 0 Å². The Bertz CT molecular complexity index is 391. The summed E-state index contributed by atoms with van der Waals surface area (Å²) in [6.45, 7) is 4.42. The van der Waals surface area contributed by atoms with Gasteiger partial charge in [0.25, 0.3) is 0 Å². The van der Waals surface area contributed by atoms with Crippen LogP contribution in [0, 0.1) is 0 Å². The highest BCUT2D eigenvalue weighted by Crippen LogP contribution is 2.38. The van der Waals surface area contributed by atoms with Crippen LogP contribution in [0.25, 0.3) is 0 Å². The molecule has 3 heteroatoms. The number of piperazine rings is 1. The highest BCUT2D eigenvalue weighted by molar-refractivity contribution is 6.31. The molecule has 0 saturated carbocycles. The van der Waals surface area contributed by atoms with Gasteiger partial charge in [-0.1, -0.05) is 17.7 Å². The van der Waals surface area contributed by atoms with Crippen LogP contribution < -0.4 is 10.2 Å². The highest BCUT2D eigenvalue weighted by atomic mass is 35.5. The third-order valence-electron chi connectivity index (χ3n) is 3.50. The van der Waals surface area contributed by atoms with E-state index in [4.69, 9.17) is 11.6 Å². The minimum absolute atomic E-state index is 0.573. The zero-order chi connectivity index (χ0) is 10.4. The molecule has 2 unspecified atom stereocenters. The second kappa shape index (κ2) is 3.39. The van der Waals surface area contributed by atoms with Crippen molar-refractivity contribution < 1.29 is 0 Å². The lowest BCUT2D eigenvalue weighted by Crippen LogP contribution is -2.54. The number of halogens is 1. The summed E-state index contributed by atoms with van der Waals surface area (Å²) in [5.74, 6) is 0. The average molecular weight is 223 g/mol. The molecule has 0 spiro atoms. The number of nitrogens with one attached hydrogen (secondary N) is 1. The van der Waals surface area contributed by atoms with Crippen molar-refractivity contribution in [2.45, 2.75) is 25.4 Å². The van der Waals surface area contributed by atoms with Gasteiger partial charge in [-0.25, -0.2) is 0 Å². The Hall–Kier alpha value is -0.730. The van der Waals surface area contributed by atoms with E-state index < -0.39 is 0 Å². The topological polar surface area (TPSA) is 15.3 Å². The fourth-order valence-corrected chi connectivity index (χ4v) is 3.09. The fourth-order valence-electron chi connectivity index (χ4n) is 2.85. The summed E-state index contributed by atoms with van der Waals surface area (Å²) in [7, 11) is 0. The highest BCUT2D eigenvalue weighted by Gasteiger charge is 2.35. The van der Waals surface area contributed by atoms with Gasteiger partial charge in [-0.2, -0.15) is 0 Å². The van der Waals surface area contributed by atoms with Crippen molar-refractivity contribution in [3.05, 3.63) is 28.8 Å². The monoisotopic (exact) mass is 222 g/mol. The number of fused-ring (bicyclic) bond motifs is 3. The molecule has 2 aliphatic rings. The molecule has 1 fully saturated rings. The molecule has 0 aromatic heterocycles. The van der Waals surface area contributed by atoms with Crippen LogP contribution in [-0.4, -0.2) is 25.2 Å². The Kier molecular flexibility index (Phi) is 2.15. The largest absolute Gasteiger partial charge is 0.363 e. The smallest absolute Gasteiger partial charge is 0.0459 e. The standard InChI is InChI=1S/C12H15ClN2/c1-8-6-14-7-9-5-10-11(13)3-2-4-12(10)15(8)9/h2-4,8-9,14H,5-7H2,1H3. The van der Waals surface area contributed by atoms with E-state index in [-0.39, 0.29) is 0 Å². The summed E-state index contributed by atoms with van der Waals surface area (Å²) in [6.07, 6.45) is 1.09. The van der Waals surface area contributed by atoms with Crippen molar-refractivity contribution in [2.75, 3.05) is 18.0 Å². The van der Waals surface area contributed by atoms with Crippen molar-refractivity contribution >= 4 is 17.3 Å². The van der Waals surface area contributed by atoms with Crippen LogP contribution >= 0.6 is 11.6 Å². The van der Waals surface area contributed by atoms with Crippen LogP contribution in [0.15, 0.2) is 18.2 Å². The molecule has 1 N–H and O–H groups in total. The van der Waals surface area contributed by atoms with Crippen LogP contribution in [0.4, 0.5) is 5.69 Å². The Morgan fingerprint density at radius 2 is 2.27 bits per heavy atom. The van der Waals surface area contributed by atoms with Crippen LogP contribution in [0.1, 0.15) is 12.5 Å². The molecule has 2 atom stereocenters. The van der Waals surface area contributed by atoms with Crippen molar-refractivity contribution in [1.29, 1.82) is 0 Å². The SMILES string of the molecule is CC1CNCC2Cc3c(Cl)cccc3N12. The second-order valence-electron chi connectivity index (χ2n) is 4.51. The van der Waals surface area contributed by atoms with Gasteiger partial charge in [0, 0.05) is 35.9 Å². The Labute approximate surface area is 95.2 Å². The third kappa shape index (κ3) is 1.35. The lowest BCUT2D eigenvalue weighted by atomic mass is 10.1. The van der Waals surface area contributed by atoms with E-state index in [9.17, 15) is 0 Å². The van der Waals surface area contributed by atoms with Crippen molar-refractivity contribution in [3.63, 3.8) is 0 Å². The van der Waals surface area contributed by atoms with E-state index in [1.54, 1.807) is 0 Å². The number of hydrogen-bond acceptors (Lipinski definition) is 2. The molecule has 15 heavy (non-hydrogen) atoms. The van der Waals surface area contributed by atoms with Crippen LogP contribution in [-0.2, 0) is 6.42 Å². The van der Waals surface area contributed by atoms with Gasteiger partial charge in [0.05, 0.1) is 0 Å². The van der Waals surface area contributed by atoms with Gasteiger partial charge in [0.15, 0.2) is 0 Å². The van der Waals surface area contributed by atoms with Crippen LogP contribution in [0.5, 0.6) is 0 Å². The summed E-state index contributed by atoms with van der Waals surface area (Å²) in [5.41, 5.74) is 2.68. The second-order valence-corrected chi connectivity index (χ2v) is 4.92. The lowest BCUT2D eigenvalue weighted by molar-refractivity contribution is 0.430. The molecular formula is C12H15ClN2. The zero-order valence-corrected chi connectivity index (χ0v) is 9.59. The zero-order valence-electron chi connectivity index (χ0n) is 8.83. The fraction of sp³-hybridized carbons (Fsp3) is 0.500. The van der Waals surface area contributed by atoms with E-state index in [0.29, 0.717) is 12.1 Å². The van der Waals surface area contributed by atoms with Gasteiger partial charge in [0.1, 0.15) is 0 Å². The van der Waals surface area contributed by atoms with Crippen molar-refractivity contribution in [2.24, 2.45) is 0 Å². The van der Waals surface area contributed by atoms with E-state index >= 15 is 0 Å². The first-order chi connectivity index (χ1) is 7.27. The summed E-state index contributed by atoms with van der Waals surface area (Å²) in [4.78, 5) is 2.53. The first-order valence-corrected chi connectivity index (χ1v) is 5.91. The summed E-state index contributed by atoms with van der Waals surface area (Å²) >= 11 is 6.24. The van der Waals surface area contributed by atoms with E-state index in [0.717, 1.165) is 24.5 Å². The van der Waals surface area contributed by atoms with E-state index in [2.05, 4.69) is 29.3 Å². The van der Waals surface area contributed by atoms with Gasteiger partial charge in [-0.05, 0) is 31.0 Å². The van der Waals surface area contributed by atoms with Crippen molar-refractivity contribution in [3.8, 4) is 0 Å². The maximum Gasteiger partial charge on any atom is 0.0459 e.